The number of hydrogen-bond donors (Lipinski definition) is 1. The summed E-state index contributed by atoms with van der Waals surface area (Å²) < 4.78 is 9.91. The van der Waals surface area contributed by atoms with Crippen LogP contribution in [0.3, 0.4) is 0 Å². The Balaban J connectivity index is 1.43. The van der Waals surface area contributed by atoms with Gasteiger partial charge in [0.15, 0.2) is 16.9 Å². The van der Waals surface area contributed by atoms with Crippen LogP contribution in [0.4, 0.5) is 5.69 Å². The first-order valence-electron chi connectivity index (χ1n) is 10.3. The van der Waals surface area contributed by atoms with Crippen LogP contribution in [0.5, 0.6) is 11.5 Å². The first kappa shape index (κ1) is 22.3. The summed E-state index contributed by atoms with van der Waals surface area (Å²) in [5.74, 6) is 0.766. The number of imidazole rings is 1. The van der Waals surface area contributed by atoms with Gasteiger partial charge in [0.25, 0.3) is 5.56 Å². The molecule has 0 saturated carbocycles. The molecule has 1 N–H and O–H groups in total. The lowest BCUT2D eigenvalue weighted by Gasteiger charge is -2.13. The minimum Gasteiger partial charge on any atom is -0.454 e. The van der Waals surface area contributed by atoms with Gasteiger partial charge in [-0.25, -0.2) is 9.78 Å². The van der Waals surface area contributed by atoms with Gasteiger partial charge < -0.3 is 14.6 Å². The number of hydrogen-bond acceptors (Lipinski definition) is 5. The molecule has 0 aliphatic heterocycles. The highest BCUT2D eigenvalue weighted by Crippen LogP contribution is 2.33. The maximum Gasteiger partial charge on any atom is 0.332 e. The summed E-state index contributed by atoms with van der Waals surface area (Å²) in [4.78, 5) is 41.3. The average Bonchev–Trinajstić information content (AvgIpc) is 3.23. The molecule has 10 heteroatoms. The Morgan fingerprint density at radius 3 is 2.48 bits per heavy atom. The minimum absolute atomic E-state index is 0.199. The molecule has 170 valence electrons. The second kappa shape index (κ2) is 9.33. The predicted molar refractivity (Wildman–Crippen MR) is 126 cm³/mol. The summed E-state index contributed by atoms with van der Waals surface area (Å²) in [6.07, 6.45) is 2.19. The van der Waals surface area contributed by atoms with Gasteiger partial charge >= 0.3 is 5.69 Å². The van der Waals surface area contributed by atoms with Gasteiger partial charge in [-0.3, -0.25) is 18.7 Å². The molecule has 4 rings (SSSR count). The normalized spacial score (nSPS) is 11.0. The number of anilines is 1. The summed E-state index contributed by atoms with van der Waals surface area (Å²) in [7, 11) is 2.99. The zero-order valence-electron chi connectivity index (χ0n) is 18.1. The first-order valence-corrected chi connectivity index (χ1v) is 10.7. The molecule has 0 aliphatic carbocycles. The standard InChI is InChI=1S/C23H22ClN5O4/c1-27-21-20(22(31)28(2)23(27)32)29(14-25-21)13-7-12-19(30)26-16-9-4-6-11-18(16)33-17-10-5-3-8-15(17)24/h3-6,8-11,14H,7,12-13H2,1-2H3,(H,26,30). The molecule has 2 aromatic heterocycles. The number of carbonyl (C=O) groups is 1. The van der Waals surface area contributed by atoms with Crippen LogP contribution in [-0.4, -0.2) is 24.6 Å². The van der Waals surface area contributed by atoms with E-state index in [4.69, 9.17) is 16.3 Å². The minimum atomic E-state index is -0.435. The highest BCUT2D eigenvalue weighted by atomic mass is 35.5. The van der Waals surface area contributed by atoms with E-state index in [0.29, 0.717) is 46.3 Å². The number of aryl methyl sites for hydroxylation is 2. The SMILES string of the molecule is Cn1c(=O)c2c(ncn2CCCC(=O)Nc2ccccc2Oc2ccccc2Cl)n(C)c1=O. The smallest absolute Gasteiger partial charge is 0.332 e. The van der Waals surface area contributed by atoms with Crippen LogP contribution in [0.2, 0.25) is 5.02 Å². The van der Waals surface area contributed by atoms with Crippen molar-refractivity contribution in [2.45, 2.75) is 19.4 Å². The fraction of sp³-hybridized carbons (Fsp3) is 0.217. The van der Waals surface area contributed by atoms with Crippen LogP contribution >= 0.6 is 11.6 Å². The van der Waals surface area contributed by atoms with E-state index in [-0.39, 0.29) is 12.3 Å². The molecular weight excluding hydrogens is 446 g/mol. The molecule has 9 nitrogen and oxygen atoms in total. The number of fused-ring (bicyclic) bond motifs is 1. The van der Waals surface area contributed by atoms with Crippen molar-refractivity contribution >= 4 is 34.4 Å². The Labute approximate surface area is 193 Å². The molecule has 33 heavy (non-hydrogen) atoms. The van der Waals surface area contributed by atoms with Crippen LogP contribution in [-0.2, 0) is 25.4 Å². The molecule has 0 spiro atoms. The number of nitrogens with one attached hydrogen (secondary N) is 1. The van der Waals surface area contributed by atoms with Gasteiger partial charge in [0.1, 0.15) is 5.75 Å². The van der Waals surface area contributed by atoms with Crippen LogP contribution in [0.25, 0.3) is 11.2 Å². The van der Waals surface area contributed by atoms with Gasteiger partial charge in [0, 0.05) is 27.1 Å². The fourth-order valence-electron chi connectivity index (χ4n) is 3.49. The number of rotatable bonds is 7. The van der Waals surface area contributed by atoms with Crippen molar-refractivity contribution in [1.29, 1.82) is 0 Å². The number of ether oxygens (including phenoxy) is 1. The number of amides is 1. The molecule has 0 saturated heterocycles. The van der Waals surface area contributed by atoms with Crippen molar-refractivity contribution in [2.75, 3.05) is 5.32 Å². The van der Waals surface area contributed by atoms with Gasteiger partial charge in [-0.1, -0.05) is 35.9 Å². The summed E-state index contributed by atoms with van der Waals surface area (Å²) >= 11 is 6.17. The topological polar surface area (TPSA) is 100 Å². The number of aromatic nitrogens is 4. The number of para-hydroxylation sites is 3. The monoisotopic (exact) mass is 467 g/mol. The van der Waals surface area contributed by atoms with Crippen LogP contribution in [0, 0.1) is 0 Å². The second-order valence-corrected chi connectivity index (χ2v) is 7.90. The number of carbonyl (C=O) groups excluding carboxylic acids is 1. The zero-order valence-corrected chi connectivity index (χ0v) is 18.9. The molecule has 0 bridgehead atoms. The van der Waals surface area contributed by atoms with E-state index < -0.39 is 11.2 Å². The van der Waals surface area contributed by atoms with Crippen molar-refractivity contribution in [1.82, 2.24) is 18.7 Å². The molecule has 1 amide bonds. The van der Waals surface area contributed by atoms with Gasteiger partial charge in [-0.05, 0) is 30.7 Å². The second-order valence-electron chi connectivity index (χ2n) is 7.50. The lowest BCUT2D eigenvalue weighted by atomic mass is 10.2. The van der Waals surface area contributed by atoms with E-state index in [0.717, 1.165) is 4.57 Å². The highest BCUT2D eigenvalue weighted by molar-refractivity contribution is 6.32. The quantitative estimate of drug-likeness (QED) is 0.449. The molecule has 2 aromatic carbocycles. The van der Waals surface area contributed by atoms with Crippen LogP contribution < -0.4 is 21.3 Å². The molecule has 2 heterocycles. The first-order chi connectivity index (χ1) is 15.9. The summed E-state index contributed by atoms with van der Waals surface area (Å²) in [6, 6.07) is 14.2. The van der Waals surface area contributed by atoms with Crippen molar-refractivity contribution < 1.29 is 9.53 Å². The summed E-state index contributed by atoms with van der Waals surface area (Å²) in [5.41, 5.74) is 0.326. The Kier molecular flexibility index (Phi) is 6.32. The maximum atomic E-state index is 12.6. The molecular formula is C23H22ClN5O4. The van der Waals surface area contributed by atoms with E-state index in [1.165, 1.54) is 17.9 Å². The van der Waals surface area contributed by atoms with Gasteiger partial charge in [-0.2, -0.15) is 0 Å². The molecule has 0 unspecified atom stereocenters. The third-order valence-electron chi connectivity index (χ3n) is 5.24. The number of benzene rings is 2. The molecule has 0 atom stereocenters. The summed E-state index contributed by atoms with van der Waals surface area (Å²) in [5, 5.41) is 3.33. The Morgan fingerprint density at radius 2 is 1.73 bits per heavy atom. The molecule has 4 aromatic rings. The molecule has 0 radical (unpaired) electrons. The van der Waals surface area contributed by atoms with Crippen molar-refractivity contribution in [3.63, 3.8) is 0 Å². The van der Waals surface area contributed by atoms with E-state index in [1.807, 2.05) is 12.1 Å². The largest absolute Gasteiger partial charge is 0.454 e. The Bertz CT molecular complexity index is 1450. The fourth-order valence-corrected chi connectivity index (χ4v) is 3.67. The predicted octanol–water partition coefficient (Wildman–Crippen LogP) is 3.30. The molecule has 0 aliphatic rings. The van der Waals surface area contributed by atoms with Crippen LogP contribution in [0.15, 0.2) is 64.4 Å². The maximum absolute atomic E-state index is 12.6. The van der Waals surface area contributed by atoms with E-state index >= 15 is 0 Å². The third-order valence-corrected chi connectivity index (χ3v) is 5.55. The van der Waals surface area contributed by atoms with E-state index in [2.05, 4.69) is 10.3 Å². The average molecular weight is 468 g/mol. The number of nitrogens with zero attached hydrogens (tertiary/aromatic N) is 4. The molecule has 0 fully saturated rings. The Morgan fingerprint density at radius 1 is 1.03 bits per heavy atom. The summed E-state index contributed by atoms with van der Waals surface area (Å²) in [6.45, 7) is 0.398. The lowest BCUT2D eigenvalue weighted by Crippen LogP contribution is -2.37. The van der Waals surface area contributed by atoms with Gasteiger partial charge in [0.2, 0.25) is 5.91 Å². The van der Waals surface area contributed by atoms with Crippen molar-refractivity contribution in [3.05, 3.63) is 80.7 Å². The van der Waals surface area contributed by atoms with Crippen molar-refractivity contribution in [2.24, 2.45) is 14.1 Å². The van der Waals surface area contributed by atoms with Crippen molar-refractivity contribution in [3.8, 4) is 11.5 Å². The van der Waals surface area contributed by atoms with E-state index in [1.54, 1.807) is 48.0 Å². The number of halogens is 1. The lowest BCUT2D eigenvalue weighted by molar-refractivity contribution is -0.116. The van der Waals surface area contributed by atoms with Gasteiger partial charge in [0.05, 0.1) is 17.0 Å². The van der Waals surface area contributed by atoms with Crippen LogP contribution in [0.1, 0.15) is 12.8 Å². The highest BCUT2D eigenvalue weighted by Gasteiger charge is 2.15. The third kappa shape index (κ3) is 4.54. The zero-order chi connectivity index (χ0) is 23.5. The Hall–Kier alpha value is -3.85. The van der Waals surface area contributed by atoms with Gasteiger partial charge in [-0.15, -0.1) is 0 Å². The van der Waals surface area contributed by atoms with E-state index in [9.17, 15) is 14.4 Å².